The van der Waals surface area contributed by atoms with Crippen LogP contribution in [0.1, 0.15) is 53.3 Å². The van der Waals surface area contributed by atoms with E-state index in [4.69, 9.17) is 46.3 Å². The number of carbonyl (C=O) groups excluding carboxylic acids is 2. The maximum absolute atomic E-state index is 13.1. The Hall–Kier alpha value is -3.88. The first-order chi connectivity index (χ1) is 22.8. The Morgan fingerprint density at radius 1 is 0.896 bits per heavy atom. The van der Waals surface area contributed by atoms with E-state index >= 15 is 0 Å². The number of halogens is 4. The largest absolute Gasteiger partial charge is 0.489 e. The van der Waals surface area contributed by atoms with Crippen molar-refractivity contribution >= 4 is 45.3 Å². The van der Waals surface area contributed by atoms with Crippen LogP contribution in [0.25, 0.3) is 0 Å². The molecule has 0 saturated heterocycles. The summed E-state index contributed by atoms with van der Waals surface area (Å²) in [5.74, 6) is -1.53. The summed E-state index contributed by atoms with van der Waals surface area (Å²) in [6, 6.07) is 7.97. The first-order valence-corrected chi connectivity index (χ1v) is 17.4. The van der Waals surface area contributed by atoms with E-state index in [0.717, 1.165) is 38.0 Å². The van der Waals surface area contributed by atoms with Crippen molar-refractivity contribution in [3.63, 3.8) is 0 Å². The van der Waals surface area contributed by atoms with Gasteiger partial charge in [-0.15, -0.1) is 0 Å². The van der Waals surface area contributed by atoms with Gasteiger partial charge in [0.05, 0.1) is 35.1 Å². The minimum Gasteiger partial charge on any atom is -0.489 e. The lowest BCUT2D eigenvalue weighted by Crippen LogP contribution is -2.21. The van der Waals surface area contributed by atoms with Crippen LogP contribution in [-0.4, -0.2) is 58.0 Å². The Labute approximate surface area is 285 Å². The Morgan fingerprint density at radius 3 is 2.12 bits per heavy atom. The summed E-state index contributed by atoms with van der Waals surface area (Å²) >= 11 is 12.7. The third kappa shape index (κ3) is 10.6. The molecule has 0 bridgehead atoms. The smallest absolute Gasteiger partial charge is 0.387 e. The minimum absolute atomic E-state index is 0.0239. The van der Waals surface area contributed by atoms with Crippen molar-refractivity contribution in [2.75, 3.05) is 26.1 Å². The van der Waals surface area contributed by atoms with Crippen LogP contribution < -0.4 is 18.4 Å². The second kappa shape index (κ2) is 15.6. The fraction of sp³-hybridized carbons (Fsp3) is 0.406. The molecule has 0 amide bonds. The summed E-state index contributed by atoms with van der Waals surface area (Å²) in [5, 5.41) is 0.379. The first kappa shape index (κ1) is 35.4. The van der Waals surface area contributed by atoms with E-state index < -0.39 is 41.4 Å². The number of carbonyl (C=O) groups is 2. The Balaban J connectivity index is 1.32. The third-order valence-electron chi connectivity index (χ3n) is 7.26. The monoisotopic (exact) mass is 729 g/mol. The van der Waals surface area contributed by atoms with Gasteiger partial charge in [0.25, 0.3) is 0 Å². The third-order valence-corrected chi connectivity index (χ3v) is 8.39. The molecule has 2 saturated carbocycles. The van der Waals surface area contributed by atoms with Crippen LogP contribution in [0.15, 0.2) is 48.8 Å². The van der Waals surface area contributed by atoms with Gasteiger partial charge in [-0.05, 0) is 72.9 Å². The molecule has 0 unspecified atom stereocenters. The molecule has 2 aliphatic rings. The number of hydrogen-bond acceptors (Lipinski definition) is 11. The van der Waals surface area contributed by atoms with E-state index in [1.807, 2.05) is 0 Å². The van der Waals surface area contributed by atoms with Crippen molar-refractivity contribution in [3.05, 3.63) is 75.5 Å². The summed E-state index contributed by atoms with van der Waals surface area (Å²) < 4.78 is 81.8. The second-order valence-electron chi connectivity index (χ2n) is 11.4. The number of rotatable bonds is 17. The zero-order valence-electron chi connectivity index (χ0n) is 25.5. The number of pyridine rings is 1. The highest BCUT2D eigenvalue weighted by Gasteiger charge is 2.27. The van der Waals surface area contributed by atoms with E-state index in [9.17, 15) is 26.8 Å². The number of ether oxygens (including phenoxy) is 5. The molecule has 2 aromatic carbocycles. The Kier molecular flexibility index (Phi) is 11.5. The van der Waals surface area contributed by atoms with Gasteiger partial charge in [-0.1, -0.05) is 29.3 Å². The lowest BCUT2D eigenvalue weighted by molar-refractivity contribution is -0.153. The summed E-state index contributed by atoms with van der Waals surface area (Å²) in [5.41, 5.74) is 0.605. The van der Waals surface area contributed by atoms with Crippen LogP contribution in [0.2, 0.25) is 10.0 Å². The highest BCUT2D eigenvalue weighted by Crippen LogP contribution is 2.38. The standard InChI is InChI=1S/C32H31Cl2F2NO10S/c1-48(40,41)47-29-11-21(7-8-25(29)42-15-18-2-3-18)31(39)44-17-30(38)45-27(12-22-23(33)13-37-14-24(22)34)20-6-9-26(46-32(35)36)28(10-20)43-16-19-4-5-19/h6-11,13-14,18-19,27,32H,2-5,12,15-17H2,1H3/t27-/m0/s1. The molecule has 2 fully saturated rings. The van der Waals surface area contributed by atoms with Crippen LogP contribution in [0.5, 0.6) is 23.0 Å². The normalized spacial score (nSPS) is 15.0. The van der Waals surface area contributed by atoms with Crippen LogP contribution in [0, 0.1) is 11.8 Å². The van der Waals surface area contributed by atoms with E-state index in [1.54, 1.807) is 0 Å². The van der Waals surface area contributed by atoms with Gasteiger partial charge in [-0.25, -0.2) is 9.59 Å². The van der Waals surface area contributed by atoms with Crippen molar-refractivity contribution in [1.29, 1.82) is 0 Å². The fourth-order valence-electron chi connectivity index (χ4n) is 4.44. The number of alkyl halides is 2. The topological polar surface area (TPSA) is 137 Å². The summed E-state index contributed by atoms with van der Waals surface area (Å²) in [6.07, 6.45) is 6.30. The summed E-state index contributed by atoms with van der Waals surface area (Å²) in [4.78, 5) is 29.9. The van der Waals surface area contributed by atoms with Crippen molar-refractivity contribution in [1.82, 2.24) is 4.98 Å². The van der Waals surface area contributed by atoms with E-state index in [0.29, 0.717) is 29.6 Å². The van der Waals surface area contributed by atoms with Gasteiger partial charge >= 0.3 is 28.7 Å². The second-order valence-corrected chi connectivity index (χ2v) is 13.8. The SMILES string of the molecule is CS(=O)(=O)Oc1cc(C(=O)OCC(=O)O[C@@H](Cc2c(Cl)cncc2Cl)c2ccc(OC(F)F)c(OCC3CC3)c2)ccc1OCC1CC1. The van der Waals surface area contributed by atoms with E-state index in [-0.39, 0.29) is 51.6 Å². The molecule has 0 radical (unpaired) electrons. The predicted molar refractivity (Wildman–Crippen MR) is 169 cm³/mol. The molecule has 0 spiro atoms. The van der Waals surface area contributed by atoms with Crippen molar-refractivity contribution in [2.24, 2.45) is 11.8 Å². The molecule has 48 heavy (non-hydrogen) atoms. The van der Waals surface area contributed by atoms with Gasteiger partial charge in [0.1, 0.15) is 6.10 Å². The first-order valence-electron chi connectivity index (χ1n) is 14.9. The molecule has 11 nitrogen and oxygen atoms in total. The number of nitrogens with zero attached hydrogens (tertiary/aromatic N) is 1. The quantitative estimate of drug-likeness (QED) is 0.110. The van der Waals surface area contributed by atoms with Crippen molar-refractivity contribution in [2.45, 2.75) is 44.8 Å². The summed E-state index contributed by atoms with van der Waals surface area (Å²) in [6.45, 7) is -3.29. The van der Waals surface area contributed by atoms with Crippen LogP contribution in [0.3, 0.4) is 0 Å². The van der Waals surface area contributed by atoms with Crippen LogP contribution >= 0.6 is 23.2 Å². The average molecular weight is 731 g/mol. The van der Waals surface area contributed by atoms with E-state index in [1.165, 1.54) is 42.7 Å². The lowest BCUT2D eigenvalue weighted by atomic mass is 10.0. The average Bonchev–Trinajstić information content (AvgIpc) is 3.95. The highest BCUT2D eigenvalue weighted by atomic mass is 35.5. The molecule has 3 aromatic rings. The van der Waals surface area contributed by atoms with Gasteiger partial charge in [0, 0.05) is 24.9 Å². The molecular formula is C32H31Cl2F2NO10S. The number of esters is 2. The molecule has 1 heterocycles. The minimum atomic E-state index is -3.96. The molecule has 0 N–H and O–H groups in total. The van der Waals surface area contributed by atoms with Crippen LogP contribution in [-0.2, 0) is 30.8 Å². The molecular weight excluding hydrogens is 699 g/mol. The predicted octanol–water partition coefficient (Wildman–Crippen LogP) is 6.59. The van der Waals surface area contributed by atoms with Gasteiger partial charge < -0.3 is 27.9 Å². The van der Waals surface area contributed by atoms with E-state index in [2.05, 4.69) is 9.72 Å². The molecule has 1 atom stereocenters. The molecule has 2 aliphatic carbocycles. The molecule has 258 valence electrons. The maximum atomic E-state index is 13.1. The highest BCUT2D eigenvalue weighted by molar-refractivity contribution is 7.86. The Bertz CT molecular complexity index is 1730. The molecule has 0 aliphatic heterocycles. The van der Waals surface area contributed by atoms with Crippen molar-refractivity contribution < 1.29 is 54.7 Å². The zero-order valence-corrected chi connectivity index (χ0v) is 27.9. The number of hydrogen-bond donors (Lipinski definition) is 0. The Morgan fingerprint density at radius 2 is 1.52 bits per heavy atom. The van der Waals surface area contributed by atoms with Gasteiger partial charge in [0.15, 0.2) is 29.6 Å². The lowest BCUT2D eigenvalue weighted by Gasteiger charge is -2.21. The van der Waals surface area contributed by atoms with Gasteiger partial charge in [-0.2, -0.15) is 17.2 Å². The molecule has 16 heteroatoms. The fourth-order valence-corrected chi connectivity index (χ4v) is 5.42. The molecule has 1 aromatic heterocycles. The zero-order chi connectivity index (χ0) is 34.4. The van der Waals surface area contributed by atoms with Gasteiger partial charge in [-0.3, -0.25) is 4.98 Å². The number of benzene rings is 2. The van der Waals surface area contributed by atoms with Gasteiger partial charge in [0.2, 0.25) is 0 Å². The summed E-state index contributed by atoms with van der Waals surface area (Å²) in [7, 11) is -3.96. The maximum Gasteiger partial charge on any atom is 0.387 e. The molecule has 5 rings (SSSR count). The van der Waals surface area contributed by atoms with Crippen molar-refractivity contribution in [3.8, 4) is 23.0 Å². The van der Waals surface area contributed by atoms with Crippen LogP contribution in [0.4, 0.5) is 8.78 Å². The number of aromatic nitrogens is 1.